The Morgan fingerprint density at radius 2 is 1.90 bits per heavy atom. The first-order valence-electron chi connectivity index (χ1n) is 8.83. The zero-order valence-corrected chi connectivity index (χ0v) is 17.4. The van der Waals surface area contributed by atoms with Gasteiger partial charge in [0.05, 0.1) is 21.8 Å². The lowest BCUT2D eigenvalue weighted by molar-refractivity contribution is 0.0450. The first kappa shape index (κ1) is 21.0. The van der Waals surface area contributed by atoms with E-state index in [1.807, 2.05) is 13.8 Å². The third-order valence-corrected chi connectivity index (χ3v) is 4.63. The van der Waals surface area contributed by atoms with Gasteiger partial charge in [0, 0.05) is 5.02 Å². The quantitative estimate of drug-likeness (QED) is 0.347. The molecule has 3 rings (SSSR count). The van der Waals surface area contributed by atoms with Gasteiger partial charge in [-0.3, -0.25) is 0 Å². The fourth-order valence-electron chi connectivity index (χ4n) is 2.54. The molecule has 0 aliphatic rings. The molecule has 0 saturated carbocycles. The summed E-state index contributed by atoms with van der Waals surface area (Å²) in [6, 6.07) is 11.7. The topological polar surface area (TPSA) is 70.8 Å². The van der Waals surface area contributed by atoms with Gasteiger partial charge in [0.1, 0.15) is 37.1 Å². The second kappa shape index (κ2) is 9.67. The number of aryl methyl sites for hydroxylation is 2. The number of hydrogen-bond donors (Lipinski definition) is 0. The molecule has 0 unspecified atom stereocenters. The van der Waals surface area contributed by atoms with Crippen LogP contribution in [0, 0.1) is 13.8 Å². The Hall–Kier alpha value is -2.70. The summed E-state index contributed by atoms with van der Waals surface area (Å²) in [6.07, 6.45) is 0. The van der Waals surface area contributed by atoms with Crippen LogP contribution >= 0.6 is 23.2 Å². The summed E-state index contributed by atoms with van der Waals surface area (Å²) >= 11 is 11.9. The van der Waals surface area contributed by atoms with E-state index in [0.717, 1.165) is 11.3 Å². The zero-order chi connectivity index (χ0) is 20.8. The average Bonchev–Trinajstić information content (AvgIpc) is 3.02. The van der Waals surface area contributed by atoms with E-state index < -0.39 is 5.97 Å². The molecule has 6 nitrogen and oxygen atoms in total. The summed E-state index contributed by atoms with van der Waals surface area (Å²) < 4.78 is 21.6. The standard InChI is InChI=1S/C21H19Cl2NO5/c1-13-18(14(2)29-24-13)12-28-17-5-3-4-15(10-17)21(25)27-9-8-26-20-7-6-16(22)11-19(20)23/h3-7,10-11H,8-9,12H2,1-2H3. The average molecular weight is 436 g/mol. The van der Waals surface area contributed by atoms with Crippen LogP contribution in [-0.4, -0.2) is 24.3 Å². The van der Waals surface area contributed by atoms with E-state index in [0.29, 0.717) is 39.5 Å². The number of carbonyl (C=O) groups is 1. The molecule has 1 heterocycles. The minimum absolute atomic E-state index is 0.0714. The van der Waals surface area contributed by atoms with Gasteiger partial charge in [0.25, 0.3) is 0 Å². The van der Waals surface area contributed by atoms with Gasteiger partial charge in [-0.1, -0.05) is 34.4 Å². The number of carbonyl (C=O) groups excluding carboxylic acids is 1. The number of benzene rings is 2. The lowest BCUT2D eigenvalue weighted by Crippen LogP contribution is -2.12. The van der Waals surface area contributed by atoms with E-state index in [2.05, 4.69) is 5.16 Å². The monoisotopic (exact) mass is 435 g/mol. The van der Waals surface area contributed by atoms with Crippen molar-refractivity contribution in [1.82, 2.24) is 5.16 Å². The van der Waals surface area contributed by atoms with Crippen molar-refractivity contribution >= 4 is 29.2 Å². The number of esters is 1. The second-order valence-corrected chi connectivity index (χ2v) is 7.02. The van der Waals surface area contributed by atoms with Crippen molar-refractivity contribution in [2.45, 2.75) is 20.5 Å². The lowest BCUT2D eigenvalue weighted by atomic mass is 10.2. The number of aromatic nitrogens is 1. The maximum atomic E-state index is 12.3. The molecular weight excluding hydrogens is 417 g/mol. The molecule has 1 aromatic heterocycles. The highest BCUT2D eigenvalue weighted by Gasteiger charge is 2.12. The number of rotatable bonds is 8. The van der Waals surface area contributed by atoms with Gasteiger partial charge in [-0.2, -0.15) is 0 Å². The van der Waals surface area contributed by atoms with Crippen molar-refractivity contribution in [3.05, 3.63) is 75.1 Å². The number of hydrogen-bond acceptors (Lipinski definition) is 6. The van der Waals surface area contributed by atoms with Gasteiger partial charge >= 0.3 is 5.97 Å². The first-order valence-corrected chi connectivity index (χ1v) is 9.59. The molecule has 0 aliphatic carbocycles. The summed E-state index contributed by atoms with van der Waals surface area (Å²) in [5, 5.41) is 4.81. The molecule has 152 valence electrons. The molecule has 0 spiro atoms. The normalized spacial score (nSPS) is 10.6. The highest BCUT2D eigenvalue weighted by atomic mass is 35.5. The van der Waals surface area contributed by atoms with Gasteiger partial charge in [-0.05, 0) is 50.2 Å². The zero-order valence-electron chi connectivity index (χ0n) is 15.9. The molecule has 3 aromatic rings. The van der Waals surface area contributed by atoms with E-state index in [1.165, 1.54) is 0 Å². The first-order chi connectivity index (χ1) is 13.9. The summed E-state index contributed by atoms with van der Waals surface area (Å²) in [7, 11) is 0. The molecule has 0 N–H and O–H groups in total. The highest BCUT2D eigenvalue weighted by molar-refractivity contribution is 6.35. The van der Waals surface area contributed by atoms with Crippen LogP contribution in [0.3, 0.4) is 0 Å². The number of ether oxygens (including phenoxy) is 3. The Bertz CT molecular complexity index is 983. The molecule has 8 heteroatoms. The van der Waals surface area contributed by atoms with Gasteiger partial charge in [0.15, 0.2) is 0 Å². The van der Waals surface area contributed by atoms with Crippen molar-refractivity contribution in [2.75, 3.05) is 13.2 Å². The third-order valence-electron chi connectivity index (χ3n) is 4.10. The molecule has 0 aliphatic heterocycles. The Labute approximate surface area is 178 Å². The number of nitrogens with zero attached hydrogens (tertiary/aromatic N) is 1. The SMILES string of the molecule is Cc1noc(C)c1COc1cccc(C(=O)OCCOc2ccc(Cl)cc2Cl)c1. The van der Waals surface area contributed by atoms with Crippen LogP contribution in [0.5, 0.6) is 11.5 Å². The maximum absolute atomic E-state index is 12.3. The van der Waals surface area contributed by atoms with Gasteiger partial charge in [-0.25, -0.2) is 4.79 Å². The second-order valence-electron chi connectivity index (χ2n) is 6.18. The van der Waals surface area contributed by atoms with E-state index in [1.54, 1.807) is 42.5 Å². The van der Waals surface area contributed by atoms with E-state index in [4.69, 9.17) is 41.9 Å². The molecule has 29 heavy (non-hydrogen) atoms. The third kappa shape index (κ3) is 5.65. The van der Waals surface area contributed by atoms with Crippen LogP contribution in [0.4, 0.5) is 0 Å². The van der Waals surface area contributed by atoms with Crippen molar-refractivity contribution in [3.8, 4) is 11.5 Å². The van der Waals surface area contributed by atoms with Crippen molar-refractivity contribution < 1.29 is 23.5 Å². The lowest BCUT2D eigenvalue weighted by Gasteiger charge is -2.10. The van der Waals surface area contributed by atoms with Crippen LogP contribution in [0.15, 0.2) is 47.0 Å². The summed E-state index contributed by atoms with van der Waals surface area (Å²) in [5.74, 6) is 1.25. The molecule has 0 saturated heterocycles. The Morgan fingerprint density at radius 3 is 2.62 bits per heavy atom. The Kier molecular flexibility index (Phi) is 7.01. The molecule has 0 amide bonds. The van der Waals surface area contributed by atoms with Crippen molar-refractivity contribution in [3.63, 3.8) is 0 Å². The fourth-order valence-corrected chi connectivity index (χ4v) is 3.00. The predicted molar refractivity (Wildman–Crippen MR) is 109 cm³/mol. The Balaban J connectivity index is 1.50. The van der Waals surface area contributed by atoms with E-state index in [-0.39, 0.29) is 13.2 Å². The largest absolute Gasteiger partial charge is 0.489 e. The molecular formula is C21H19Cl2NO5. The molecule has 2 aromatic carbocycles. The molecule has 0 fully saturated rings. The van der Waals surface area contributed by atoms with Crippen LogP contribution < -0.4 is 9.47 Å². The fraction of sp³-hybridized carbons (Fsp3) is 0.238. The van der Waals surface area contributed by atoms with Gasteiger partial charge < -0.3 is 18.7 Å². The smallest absolute Gasteiger partial charge is 0.338 e. The predicted octanol–water partition coefficient (Wildman–Crippen LogP) is 5.41. The molecule has 0 radical (unpaired) electrons. The van der Waals surface area contributed by atoms with E-state index >= 15 is 0 Å². The Morgan fingerprint density at radius 1 is 1.07 bits per heavy atom. The van der Waals surface area contributed by atoms with Crippen LogP contribution in [0.2, 0.25) is 10.0 Å². The van der Waals surface area contributed by atoms with Gasteiger partial charge in [-0.15, -0.1) is 0 Å². The van der Waals surface area contributed by atoms with Crippen LogP contribution in [0.25, 0.3) is 0 Å². The minimum atomic E-state index is -0.474. The van der Waals surface area contributed by atoms with Crippen LogP contribution in [0.1, 0.15) is 27.4 Å². The van der Waals surface area contributed by atoms with Crippen LogP contribution in [-0.2, 0) is 11.3 Å². The maximum Gasteiger partial charge on any atom is 0.338 e. The minimum Gasteiger partial charge on any atom is -0.489 e. The summed E-state index contributed by atoms with van der Waals surface area (Å²) in [5.41, 5.74) is 2.04. The van der Waals surface area contributed by atoms with Gasteiger partial charge in [0.2, 0.25) is 0 Å². The highest BCUT2D eigenvalue weighted by Crippen LogP contribution is 2.27. The van der Waals surface area contributed by atoms with Crippen molar-refractivity contribution in [2.24, 2.45) is 0 Å². The summed E-state index contributed by atoms with van der Waals surface area (Å²) in [4.78, 5) is 12.3. The molecule has 0 bridgehead atoms. The number of halogens is 2. The summed E-state index contributed by atoms with van der Waals surface area (Å²) in [6.45, 7) is 4.21. The van der Waals surface area contributed by atoms with E-state index in [9.17, 15) is 4.79 Å². The molecule has 0 atom stereocenters. The van der Waals surface area contributed by atoms with Crippen molar-refractivity contribution in [1.29, 1.82) is 0 Å².